The van der Waals surface area contributed by atoms with E-state index in [4.69, 9.17) is 10.5 Å². The molecule has 0 unspecified atom stereocenters. The van der Waals surface area contributed by atoms with E-state index in [1.165, 1.54) is 0 Å². The Morgan fingerprint density at radius 3 is 2.29 bits per heavy atom. The highest BCUT2D eigenvalue weighted by atomic mass is 16.5. The van der Waals surface area contributed by atoms with E-state index in [-0.39, 0.29) is 0 Å². The van der Waals surface area contributed by atoms with Crippen molar-refractivity contribution < 1.29 is 4.74 Å². The van der Waals surface area contributed by atoms with Crippen molar-refractivity contribution in [1.82, 2.24) is 0 Å². The molecule has 0 atom stereocenters. The van der Waals surface area contributed by atoms with Crippen molar-refractivity contribution >= 4 is 0 Å². The van der Waals surface area contributed by atoms with Gasteiger partial charge >= 0.3 is 0 Å². The summed E-state index contributed by atoms with van der Waals surface area (Å²) in [4.78, 5) is 0. The molecule has 0 aliphatic carbocycles. The van der Waals surface area contributed by atoms with Crippen LogP contribution in [0.3, 0.4) is 0 Å². The maximum Gasteiger partial charge on any atom is 0.130 e. The molecule has 17 heavy (non-hydrogen) atoms. The first-order valence-electron chi connectivity index (χ1n) is 5.82. The Labute approximate surface area is 102 Å². The minimum atomic E-state index is 0.633. The van der Waals surface area contributed by atoms with Crippen molar-refractivity contribution in [3.8, 4) is 11.5 Å². The molecule has 2 nitrogen and oxygen atoms in total. The number of hydrogen-bond donors (Lipinski definition) is 1. The van der Waals surface area contributed by atoms with E-state index in [2.05, 4.69) is 6.07 Å². The number of para-hydroxylation sites is 2. The fourth-order valence-corrected chi connectivity index (χ4v) is 1.75. The molecule has 0 bridgehead atoms. The Hall–Kier alpha value is -1.80. The van der Waals surface area contributed by atoms with E-state index in [1.54, 1.807) is 0 Å². The van der Waals surface area contributed by atoms with E-state index in [0.29, 0.717) is 6.54 Å². The van der Waals surface area contributed by atoms with Crippen LogP contribution in [-0.2, 0) is 6.42 Å². The van der Waals surface area contributed by atoms with Crippen molar-refractivity contribution in [3.63, 3.8) is 0 Å². The molecular formula is C15H17NO. The van der Waals surface area contributed by atoms with Crippen LogP contribution in [-0.4, -0.2) is 6.54 Å². The Morgan fingerprint density at radius 1 is 0.941 bits per heavy atom. The lowest BCUT2D eigenvalue weighted by molar-refractivity contribution is 0.472. The molecule has 2 heteroatoms. The molecule has 0 heterocycles. The lowest BCUT2D eigenvalue weighted by Gasteiger charge is -2.12. The topological polar surface area (TPSA) is 35.2 Å². The normalized spacial score (nSPS) is 10.2. The Kier molecular flexibility index (Phi) is 3.78. The van der Waals surface area contributed by atoms with Gasteiger partial charge in [0, 0.05) is 0 Å². The number of rotatable bonds is 4. The average molecular weight is 227 g/mol. The van der Waals surface area contributed by atoms with E-state index in [9.17, 15) is 0 Å². The minimum absolute atomic E-state index is 0.633. The van der Waals surface area contributed by atoms with Crippen LogP contribution in [0, 0.1) is 6.92 Å². The second-order valence-electron chi connectivity index (χ2n) is 4.01. The molecule has 2 rings (SSSR count). The fraction of sp³-hybridized carbons (Fsp3) is 0.200. The first-order valence-corrected chi connectivity index (χ1v) is 5.82. The molecule has 2 aromatic carbocycles. The van der Waals surface area contributed by atoms with Gasteiger partial charge in [0.05, 0.1) is 0 Å². The first-order chi connectivity index (χ1) is 8.31. The third-order valence-corrected chi connectivity index (χ3v) is 2.70. The quantitative estimate of drug-likeness (QED) is 0.869. The number of hydrogen-bond acceptors (Lipinski definition) is 2. The molecule has 0 aliphatic rings. The standard InChI is InChI=1S/C15H17NO/c1-12-6-2-4-8-14(12)17-15-9-5-3-7-13(15)10-11-16/h2-9H,10-11,16H2,1H3. The molecule has 0 fully saturated rings. The van der Waals surface area contributed by atoms with Crippen molar-refractivity contribution in [2.75, 3.05) is 6.54 Å². The lowest BCUT2D eigenvalue weighted by Crippen LogP contribution is -2.04. The number of benzene rings is 2. The molecule has 0 spiro atoms. The van der Waals surface area contributed by atoms with Gasteiger partial charge in [0.2, 0.25) is 0 Å². The molecule has 2 N–H and O–H groups in total. The highest BCUT2D eigenvalue weighted by molar-refractivity contribution is 5.40. The van der Waals surface area contributed by atoms with Crippen molar-refractivity contribution in [1.29, 1.82) is 0 Å². The third-order valence-electron chi connectivity index (χ3n) is 2.70. The largest absolute Gasteiger partial charge is 0.457 e. The summed E-state index contributed by atoms with van der Waals surface area (Å²) < 4.78 is 5.94. The van der Waals surface area contributed by atoms with Gasteiger partial charge in [-0.15, -0.1) is 0 Å². The van der Waals surface area contributed by atoms with Crippen LogP contribution in [0.15, 0.2) is 48.5 Å². The van der Waals surface area contributed by atoms with Gasteiger partial charge in [0.25, 0.3) is 0 Å². The molecule has 88 valence electrons. The molecule has 0 saturated carbocycles. The van der Waals surface area contributed by atoms with Gasteiger partial charge in [-0.05, 0) is 43.1 Å². The molecule has 0 radical (unpaired) electrons. The van der Waals surface area contributed by atoms with Crippen LogP contribution in [0.4, 0.5) is 0 Å². The van der Waals surface area contributed by atoms with Gasteiger partial charge in [-0.1, -0.05) is 36.4 Å². The smallest absolute Gasteiger partial charge is 0.130 e. The Morgan fingerprint density at radius 2 is 1.59 bits per heavy atom. The van der Waals surface area contributed by atoms with Gasteiger partial charge in [-0.3, -0.25) is 0 Å². The summed E-state index contributed by atoms with van der Waals surface area (Å²) in [7, 11) is 0. The summed E-state index contributed by atoms with van der Waals surface area (Å²) in [6.45, 7) is 2.68. The van der Waals surface area contributed by atoms with Gasteiger partial charge < -0.3 is 10.5 Å². The fourth-order valence-electron chi connectivity index (χ4n) is 1.75. The highest BCUT2D eigenvalue weighted by Crippen LogP contribution is 2.27. The second-order valence-corrected chi connectivity index (χ2v) is 4.01. The number of nitrogens with two attached hydrogens (primary N) is 1. The average Bonchev–Trinajstić information content (AvgIpc) is 2.35. The van der Waals surface area contributed by atoms with Gasteiger partial charge in [0.1, 0.15) is 11.5 Å². The molecule has 0 aromatic heterocycles. The Bertz CT molecular complexity index is 494. The van der Waals surface area contributed by atoms with E-state index < -0.39 is 0 Å². The summed E-state index contributed by atoms with van der Waals surface area (Å²) in [5.74, 6) is 1.80. The zero-order valence-corrected chi connectivity index (χ0v) is 10.0. The summed E-state index contributed by atoms with van der Waals surface area (Å²) in [6, 6.07) is 16.0. The molecule has 0 saturated heterocycles. The highest BCUT2D eigenvalue weighted by Gasteiger charge is 2.04. The minimum Gasteiger partial charge on any atom is -0.457 e. The van der Waals surface area contributed by atoms with Crippen LogP contribution < -0.4 is 10.5 Å². The summed E-state index contributed by atoms with van der Waals surface area (Å²) >= 11 is 0. The molecule has 2 aromatic rings. The summed E-state index contributed by atoms with van der Waals surface area (Å²) in [5, 5.41) is 0. The molecular weight excluding hydrogens is 210 g/mol. The SMILES string of the molecule is Cc1ccccc1Oc1ccccc1CCN. The lowest BCUT2D eigenvalue weighted by atomic mass is 10.1. The maximum atomic E-state index is 5.94. The zero-order valence-electron chi connectivity index (χ0n) is 10.0. The van der Waals surface area contributed by atoms with Crippen LogP contribution >= 0.6 is 0 Å². The number of aryl methyl sites for hydroxylation is 1. The van der Waals surface area contributed by atoms with Gasteiger partial charge in [-0.25, -0.2) is 0 Å². The van der Waals surface area contributed by atoms with Crippen molar-refractivity contribution in [2.24, 2.45) is 5.73 Å². The van der Waals surface area contributed by atoms with Crippen LogP contribution in [0.25, 0.3) is 0 Å². The van der Waals surface area contributed by atoms with Gasteiger partial charge in [0.15, 0.2) is 0 Å². The predicted molar refractivity (Wildman–Crippen MR) is 70.5 cm³/mol. The van der Waals surface area contributed by atoms with Crippen LogP contribution in [0.1, 0.15) is 11.1 Å². The van der Waals surface area contributed by atoms with Gasteiger partial charge in [-0.2, -0.15) is 0 Å². The van der Waals surface area contributed by atoms with Crippen LogP contribution in [0.2, 0.25) is 0 Å². The maximum absolute atomic E-state index is 5.94. The Balaban J connectivity index is 2.27. The zero-order chi connectivity index (χ0) is 12.1. The van der Waals surface area contributed by atoms with E-state index in [0.717, 1.165) is 29.0 Å². The molecule has 0 amide bonds. The van der Waals surface area contributed by atoms with E-state index >= 15 is 0 Å². The first kappa shape index (κ1) is 11.7. The summed E-state index contributed by atoms with van der Waals surface area (Å²) in [5.41, 5.74) is 7.88. The summed E-state index contributed by atoms with van der Waals surface area (Å²) in [6.07, 6.45) is 0.835. The molecule has 0 aliphatic heterocycles. The van der Waals surface area contributed by atoms with Crippen LogP contribution in [0.5, 0.6) is 11.5 Å². The predicted octanol–water partition coefficient (Wildman–Crippen LogP) is 3.29. The number of ether oxygens (including phenoxy) is 1. The second kappa shape index (κ2) is 5.51. The van der Waals surface area contributed by atoms with Crippen molar-refractivity contribution in [2.45, 2.75) is 13.3 Å². The van der Waals surface area contributed by atoms with E-state index in [1.807, 2.05) is 49.4 Å². The third kappa shape index (κ3) is 2.86. The van der Waals surface area contributed by atoms with Crippen molar-refractivity contribution in [3.05, 3.63) is 59.7 Å². The monoisotopic (exact) mass is 227 g/mol.